The van der Waals surface area contributed by atoms with Crippen LogP contribution in [-0.4, -0.2) is 47.1 Å². The minimum absolute atomic E-state index is 0.0419. The topological polar surface area (TPSA) is 67.6 Å². The van der Waals surface area contributed by atoms with Crippen LogP contribution < -0.4 is 10.5 Å². The molecule has 1 aliphatic rings. The SMILES string of the molecule is Cn1ccnc(N2CCOCC2CO)c1=O. The normalized spacial score (nSPS) is 21.1. The Morgan fingerprint density at radius 1 is 1.69 bits per heavy atom. The number of aliphatic hydroxyl groups is 1. The lowest BCUT2D eigenvalue weighted by atomic mass is 10.2. The van der Waals surface area contributed by atoms with Crippen molar-refractivity contribution in [1.82, 2.24) is 9.55 Å². The summed E-state index contributed by atoms with van der Waals surface area (Å²) in [4.78, 5) is 17.8. The second-order valence-corrected chi connectivity index (χ2v) is 3.77. The fraction of sp³-hybridized carbons (Fsp3) is 0.600. The summed E-state index contributed by atoms with van der Waals surface area (Å²) in [5.74, 6) is 0.382. The summed E-state index contributed by atoms with van der Waals surface area (Å²) in [7, 11) is 1.68. The van der Waals surface area contributed by atoms with E-state index in [0.717, 1.165) is 0 Å². The van der Waals surface area contributed by atoms with E-state index in [0.29, 0.717) is 25.6 Å². The van der Waals surface area contributed by atoms with Gasteiger partial charge in [0, 0.05) is 26.0 Å². The number of hydrogen-bond donors (Lipinski definition) is 1. The number of ether oxygens (including phenoxy) is 1. The summed E-state index contributed by atoms with van der Waals surface area (Å²) in [6.07, 6.45) is 3.20. The number of morpholine rings is 1. The maximum Gasteiger partial charge on any atom is 0.293 e. The van der Waals surface area contributed by atoms with Gasteiger partial charge in [-0.05, 0) is 0 Å². The average molecular weight is 225 g/mol. The second kappa shape index (κ2) is 4.63. The first kappa shape index (κ1) is 11.1. The Balaban J connectivity index is 2.34. The molecule has 1 N–H and O–H groups in total. The lowest BCUT2D eigenvalue weighted by Crippen LogP contribution is -2.50. The standard InChI is InChI=1S/C10H15N3O3/c1-12-3-2-11-9(10(12)15)13-4-5-16-7-8(13)6-14/h2-3,8,14H,4-7H2,1H3. The second-order valence-electron chi connectivity index (χ2n) is 3.77. The van der Waals surface area contributed by atoms with E-state index in [1.54, 1.807) is 19.4 Å². The molecule has 1 unspecified atom stereocenters. The zero-order valence-electron chi connectivity index (χ0n) is 9.17. The molecule has 1 fully saturated rings. The van der Waals surface area contributed by atoms with Gasteiger partial charge in [-0.2, -0.15) is 0 Å². The molecule has 0 spiro atoms. The fourth-order valence-corrected chi connectivity index (χ4v) is 1.77. The Hall–Kier alpha value is -1.40. The van der Waals surface area contributed by atoms with E-state index in [2.05, 4.69) is 4.98 Å². The number of aliphatic hydroxyl groups excluding tert-OH is 1. The lowest BCUT2D eigenvalue weighted by Gasteiger charge is -2.34. The number of aromatic nitrogens is 2. The first-order valence-electron chi connectivity index (χ1n) is 5.21. The van der Waals surface area contributed by atoms with Gasteiger partial charge in [0.1, 0.15) is 0 Å². The van der Waals surface area contributed by atoms with Gasteiger partial charge in [-0.15, -0.1) is 0 Å². The van der Waals surface area contributed by atoms with Crippen LogP contribution in [0.5, 0.6) is 0 Å². The lowest BCUT2D eigenvalue weighted by molar-refractivity contribution is 0.0721. The van der Waals surface area contributed by atoms with Crippen LogP contribution in [0.1, 0.15) is 0 Å². The van der Waals surface area contributed by atoms with Crippen molar-refractivity contribution in [3.05, 3.63) is 22.7 Å². The first-order valence-corrected chi connectivity index (χ1v) is 5.21. The predicted molar refractivity (Wildman–Crippen MR) is 58.5 cm³/mol. The minimum atomic E-state index is -0.184. The zero-order valence-corrected chi connectivity index (χ0v) is 9.17. The molecule has 2 heterocycles. The molecule has 0 aromatic carbocycles. The third-order valence-electron chi connectivity index (χ3n) is 2.71. The van der Waals surface area contributed by atoms with Crippen molar-refractivity contribution in [1.29, 1.82) is 0 Å². The Bertz CT molecular complexity index is 418. The molecular weight excluding hydrogens is 210 g/mol. The molecule has 6 heteroatoms. The summed E-state index contributed by atoms with van der Waals surface area (Å²) in [5, 5.41) is 9.22. The highest BCUT2D eigenvalue weighted by molar-refractivity contribution is 5.37. The maximum absolute atomic E-state index is 11.9. The third-order valence-corrected chi connectivity index (χ3v) is 2.71. The van der Waals surface area contributed by atoms with Crippen LogP contribution >= 0.6 is 0 Å². The molecule has 1 aromatic rings. The Morgan fingerprint density at radius 3 is 3.25 bits per heavy atom. The van der Waals surface area contributed by atoms with Gasteiger partial charge in [0.15, 0.2) is 5.82 Å². The molecule has 88 valence electrons. The van der Waals surface area contributed by atoms with E-state index < -0.39 is 0 Å². The summed E-state index contributed by atoms with van der Waals surface area (Å²) in [5.41, 5.74) is -0.150. The van der Waals surface area contributed by atoms with Gasteiger partial charge < -0.3 is 19.3 Å². The van der Waals surface area contributed by atoms with Crippen LogP contribution in [0.15, 0.2) is 17.2 Å². The summed E-state index contributed by atoms with van der Waals surface area (Å²) in [6.45, 7) is 1.52. The van der Waals surface area contributed by atoms with Crippen molar-refractivity contribution in [3.8, 4) is 0 Å². The Kier molecular flexibility index (Phi) is 3.21. The smallest absolute Gasteiger partial charge is 0.293 e. The van der Waals surface area contributed by atoms with Gasteiger partial charge in [-0.1, -0.05) is 0 Å². The Labute approximate surface area is 93.1 Å². The third kappa shape index (κ3) is 1.94. The van der Waals surface area contributed by atoms with Crippen molar-refractivity contribution in [2.75, 3.05) is 31.3 Å². The summed E-state index contributed by atoms with van der Waals surface area (Å²) >= 11 is 0. The van der Waals surface area contributed by atoms with Crippen LogP contribution in [0.25, 0.3) is 0 Å². The molecule has 0 bridgehead atoms. The quantitative estimate of drug-likeness (QED) is 0.697. The van der Waals surface area contributed by atoms with Crippen LogP contribution in [-0.2, 0) is 11.8 Å². The average Bonchev–Trinajstić information content (AvgIpc) is 2.33. The van der Waals surface area contributed by atoms with Crippen molar-refractivity contribution in [3.63, 3.8) is 0 Å². The van der Waals surface area contributed by atoms with E-state index in [-0.39, 0.29) is 18.2 Å². The molecule has 6 nitrogen and oxygen atoms in total. The van der Waals surface area contributed by atoms with Crippen molar-refractivity contribution in [2.45, 2.75) is 6.04 Å². The van der Waals surface area contributed by atoms with Crippen LogP contribution in [0.2, 0.25) is 0 Å². The van der Waals surface area contributed by atoms with Gasteiger partial charge >= 0.3 is 0 Å². The van der Waals surface area contributed by atoms with E-state index >= 15 is 0 Å². The molecule has 0 aliphatic carbocycles. The van der Waals surface area contributed by atoms with Crippen molar-refractivity contribution >= 4 is 5.82 Å². The van der Waals surface area contributed by atoms with Gasteiger partial charge in [-0.3, -0.25) is 4.79 Å². The number of aryl methyl sites for hydroxylation is 1. The molecule has 1 aromatic heterocycles. The van der Waals surface area contributed by atoms with Gasteiger partial charge in [0.2, 0.25) is 0 Å². The van der Waals surface area contributed by atoms with Gasteiger partial charge in [0.05, 0.1) is 25.9 Å². The molecule has 0 amide bonds. The molecule has 1 aliphatic heterocycles. The molecular formula is C10H15N3O3. The predicted octanol–water partition coefficient (Wildman–Crippen LogP) is -1.02. The highest BCUT2D eigenvalue weighted by Gasteiger charge is 2.25. The molecule has 0 radical (unpaired) electrons. The molecule has 2 rings (SSSR count). The van der Waals surface area contributed by atoms with Gasteiger partial charge in [-0.25, -0.2) is 4.98 Å². The largest absolute Gasteiger partial charge is 0.394 e. The molecule has 16 heavy (non-hydrogen) atoms. The Morgan fingerprint density at radius 2 is 2.50 bits per heavy atom. The highest BCUT2D eigenvalue weighted by atomic mass is 16.5. The van der Waals surface area contributed by atoms with E-state index in [1.165, 1.54) is 4.57 Å². The van der Waals surface area contributed by atoms with Crippen molar-refractivity contribution in [2.24, 2.45) is 7.05 Å². The monoisotopic (exact) mass is 225 g/mol. The highest BCUT2D eigenvalue weighted by Crippen LogP contribution is 2.12. The minimum Gasteiger partial charge on any atom is -0.394 e. The zero-order chi connectivity index (χ0) is 11.5. The van der Waals surface area contributed by atoms with Crippen LogP contribution in [0, 0.1) is 0 Å². The first-order chi connectivity index (χ1) is 7.74. The summed E-state index contributed by atoms with van der Waals surface area (Å²) < 4.78 is 6.73. The van der Waals surface area contributed by atoms with Crippen LogP contribution in [0.4, 0.5) is 5.82 Å². The van der Waals surface area contributed by atoms with Crippen LogP contribution in [0.3, 0.4) is 0 Å². The number of rotatable bonds is 2. The van der Waals surface area contributed by atoms with E-state index in [1.807, 2.05) is 4.90 Å². The number of anilines is 1. The van der Waals surface area contributed by atoms with Crippen molar-refractivity contribution < 1.29 is 9.84 Å². The molecule has 1 saturated heterocycles. The molecule has 1 atom stereocenters. The number of hydrogen-bond acceptors (Lipinski definition) is 5. The van der Waals surface area contributed by atoms with E-state index in [4.69, 9.17) is 4.74 Å². The summed E-state index contributed by atoms with van der Waals surface area (Å²) in [6, 6.07) is -0.184. The fourth-order valence-electron chi connectivity index (χ4n) is 1.77. The maximum atomic E-state index is 11.9. The van der Waals surface area contributed by atoms with E-state index in [9.17, 15) is 9.90 Å². The van der Waals surface area contributed by atoms with Gasteiger partial charge in [0.25, 0.3) is 5.56 Å². The number of nitrogens with zero attached hydrogens (tertiary/aromatic N) is 3. The molecule has 0 saturated carbocycles.